The zero-order valence-corrected chi connectivity index (χ0v) is 73.4. The van der Waals surface area contributed by atoms with Crippen molar-refractivity contribution < 1.29 is 81.7 Å². The van der Waals surface area contributed by atoms with Crippen LogP contribution in [0.2, 0.25) is 0 Å². The number of aromatic carboxylic acids is 1. The molecule has 3 unspecified atom stereocenters. The molecular weight excluding hydrogens is 1810 g/mol. The van der Waals surface area contributed by atoms with Crippen molar-refractivity contribution in [2.75, 3.05) is 70.2 Å². The van der Waals surface area contributed by atoms with Crippen LogP contribution in [0.5, 0.6) is 17.2 Å². The predicted octanol–water partition coefficient (Wildman–Crippen LogP) is 14.9. The molecule has 0 saturated carbocycles. The van der Waals surface area contributed by atoms with Crippen LogP contribution in [0.15, 0.2) is 195 Å². The summed E-state index contributed by atoms with van der Waals surface area (Å²) in [5.74, 6) is -3.23. The number of hydrogen-bond acceptors (Lipinski definition) is 19. The second-order valence-corrected chi connectivity index (χ2v) is 32.7. The predicted molar refractivity (Wildman–Crippen MR) is 465 cm³/mol. The fourth-order valence-corrected chi connectivity index (χ4v) is 14.2. The van der Waals surface area contributed by atoms with Gasteiger partial charge in [-0.05, 0) is 150 Å². The number of carbonyl (C=O) groups excluding carboxylic acids is 6. The average Bonchev–Trinajstić information content (AvgIpc) is 1.62. The molecule has 0 aliphatic carbocycles. The number of alkyl halides is 1. The van der Waals surface area contributed by atoms with Gasteiger partial charge in [0, 0.05) is 119 Å². The van der Waals surface area contributed by atoms with E-state index in [2.05, 4.69) is 47.5 Å². The van der Waals surface area contributed by atoms with Gasteiger partial charge in [-0.2, -0.15) is 15.3 Å². The van der Waals surface area contributed by atoms with E-state index >= 15 is 0 Å². The summed E-state index contributed by atoms with van der Waals surface area (Å²) in [4.78, 5) is 122. The van der Waals surface area contributed by atoms with Crippen molar-refractivity contribution in [1.29, 1.82) is 0 Å². The molecule has 10 N–H and O–H groups in total. The zero-order chi connectivity index (χ0) is 92.5. The molecule has 0 bridgehead atoms. The zero-order valence-electron chi connectivity index (χ0n) is 69.3. The molecule has 0 fully saturated rings. The Morgan fingerprint density at radius 3 is 1.16 bits per heavy atom. The molecule has 15 rings (SSSR count). The first-order chi connectivity index (χ1) is 60.8. The van der Waals surface area contributed by atoms with Gasteiger partial charge in [-0.1, -0.05) is 63.7 Å². The number of rotatable bonds is 20. The summed E-state index contributed by atoms with van der Waals surface area (Å²) in [6.07, 6.45) is 6.09. The normalized spacial score (nSPS) is 13.9. The fraction of sp³-hybridized carbons (Fsp3) is 0.224. The topological polar surface area (TPSA) is 440 Å². The summed E-state index contributed by atoms with van der Waals surface area (Å²) in [5.41, 5.74) is 20.8. The number of methoxy groups -OCH3 is 3. The van der Waals surface area contributed by atoms with Gasteiger partial charge in [0.2, 0.25) is 5.24 Å². The molecule has 126 heavy (non-hydrogen) atoms. The number of fused-ring (bicyclic) bond motifs is 3. The number of ether oxygens (including phenoxy) is 3. The Labute approximate surface area is 741 Å². The molecule has 0 spiro atoms. The van der Waals surface area contributed by atoms with Gasteiger partial charge in [0.05, 0.1) is 84.7 Å². The van der Waals surface area contributed by atoms with Crippen LogP contribution < -0.4 is 36.3 Å². The number of H-pyrrole nitrogens is 3. The first-order valence-electron chi connectivity index (χ1n) is 38.6. The monoisotopic (exact) mass is 1900 g/mol. The quantitative estimate of drug-likeness (QED) is 0.00668. The summed E-state index contributed by atoms with van der Waals surface area (Å²) in [5, 5.41) is 50.1. The molecule has 33 nitrogen and oxygen atoms in total. The number of anilines is 4. The number of halogens is 7. The van der Waals surface area contributed by atoms with Crippen molar-refractivity contribution >= 4 is 123 Å². The van der Waals surface area contributed by atoms with E-state index in [0.29, 0.717) is 95.9 Å². The summed E-state index contributed by atoms with van der Waals surface area (Å²) >= 11 is 3.88. The summed E-state index contributed by atoms with van der Waals surface area (Å²) in [6.45, 7) is 11.9. The molecule has 6 aromatic heterocycles. The van der Waals surface area contributed by atoms with Gasteiger partial charge in [-0.3, -0.25) is 67.4 Å². The van der Waals surface area contributed by atoms with Gasteiger partial charge in [-0.15, -0.1) is 0 Å². The summed E-state index contributed by atoms with van der Waals surface area (Å²) < 4.78 is 75.7. The van der Waals surface area contributed by atoms with Crippen LogP contribution in [0.1, 0.15) is 153 Å². The molecular formula is C85H85Cl3F4N18O15Sn. The summed E-state index contributed by atoms with van der Waals surface area (Å²) in [7, 11) is 13.1. The van der Waals surface area contributed by atoms with Crippen molar-refractivity contribution in [1.82, 2.24) is 59.0 Å². The van der Waals surface area contributed by atoms with Crippen LogP contribution in [0.4, 0.5) is 51.7 Å². The number of aromatic nitrogens is 9. The van der Waals surface area contributed by atoms with Gasteiger partial charge >= 0.3 is 54.1 Å². The number of nitro groups is 2. The van der Waals surface area contributed by atoms with Crippen LogP contribution in [0.3, 0.4) is 0 Å². The third-order valence-electron chi connectivity index (χ3n) is 19.6. The van der Waals surface area contributed by atoms with Crippen LogP contribution in [-0.4, -0.2) is 182 Å². The first kappa shape index (κ1) is 94.5. The minimum atomic E-state index is -1.13. The molecule has 2 radical (unpaired) electrons. The van der Waals surface area contributed by atoms with Crippen LogP contribution >= 0.6 is 29.4 Å². The molecule has 5 amide bonds. The van der Waals surface area contributed by atoms with Crippen LogP contribution in [0.25, 0.3) is 0 Å². The second-order valence-electron chi connectivity index (χ2n) is 28.1. The number of carboxylic acids is 1. The number of carbonyl (C=O) groups is 7. The molecule has 3 aliphatic rings. The van der Waals surface area contributed by atoms with E-state index in [1.165, 1.54) is 88.1 Å². The van der Waals surface area contributed by atoms with E-state index in [9.17, 15) is 76.5 Å². The van der Waals surface area contributed by atoms with E-state index < -0.39 is 58.9 Å². The van der Waals surface area contributed by atoms with E-state index in [-0.39, 0.29) is 118 Å². The van der Waals surface area contributed by atoms with Gasteiger partial charge in [0.15, 0.2) is 28.6 Å². The molecule has 658 valence electrons. The molecule has 3 atom stereocenters. The maximum atomic E-state index is 13.5. The Balaban J connectivity index is 0.000000193. The molecule has 0 saturated heterocycles. The van der Waals surface area contributed by atoms with Crippen molar-refractivity contribution in [3.05, 3.63) is 317 Å². The second kappa shape index (κ2) is 45.0. The Bertz CT molecular complexity index is 5870. The number of nitrogens with zero attached hydrogens (tertiary/aromatic N) is 11. The number of aromatic amines is 3. The molecule has 6 aromatic carbocycles. The first-order valence-corrected chi connectivity index (χ1v) is 45.5. The third-order valence-corrected chi connectivity index (χ3v) is 19.8. The van der Waals surface area contributed by atoms with Crippen molar-refractivity contribution in [3.63, 3.8) is 0 Å². The van der Waals surface area contributed by atoms with Crippen molar-refractivity contribution in [2.24, 2.45) is 0 Å². The standard InChI is InChI=1S/C27H25FN6O5.C27H27FN6O3.C20H19FN4O3.C7H8N2O3.C3H3ClO.CH3F.2ClH.Sn/c1-16-13-32(27(36)21-4-3-11-29-21)15-20-24(31-33(25(16)20)14-17-5-7-18(28)8-6-17)26(35)30-19-9-10-23(39-2)22(12-19)34(37)38;1-16-13-33(27(36)22-4-3-11-30-22)15-20-24(26(35)31-19-9-10-23(37-2)21(29)12-19)32-34(25(16)20)14-17-5-7-18(28)8-6-17;1-12-9-24(19(26)16-3-2-8-22-16)11-15-17(20(27)28)23-25(18(12)15)10-13-4-6-14(21)7-5-13;1-12-7-3-2-5(8)4-6(7)9(10)11;1-2-3(4)5;1-2;;;/h3-12,16,29H,13-15H2,1-2H3,(H,30,35);3-12,16,30H,13-15,29H2,1-2H3,(H,31,35);2-8,12,22H,9-11H2,1H3,(H,27,28);2-4H,8H2,1H3;2H,1H2;1H3;2*1H;/q;;;;;;;;+2/p-2/i;;;;;1D;;;. The number of allylic oxidation sites excluding steroid dienone is 1. The molecule has 41 heteroatoms. The SMILES string of the molecule is C=CC(=O)Cl.CC1CN(C(=O)c2ccc[nH]2)Cc2c(C(=O)O)nn(Cc3ccc(F)cc3)c21.COc1ccc(N)cc1[N+](=O)[O-].COc1ccc(NC(=O)c2nn(Cc3ccc(F)cc3)c3c2CN(C(=O)c2ccc[nH]2)CC3C)cc1N.COc1ccc(NC(=O)c2nn(Cc3ccc(F)cc3)c3c2CN(C(=O)c2ccc[nH]2)CC3C)cc1[N+](=O)[O-].[2H]CF.[Cl][Sn][Cl]. The number of amides is 5. The van der Waals surface area contributed by atoms with Gasteiger partial charge in [0.25, 0.3) is 29.5 Å². The number of nitrogens with two attached hydrogens (primary N) is 2. The van der Waals surface area contributed by atoms with E-state index in [0.717, 1.165) is 39.8 Å². The Hall–Kier alpha value is -13.8. The number of nitrogens with one attached hydrogen (secondary N) is 5. The van der Waals surface area contributed by atoms with Crippen LogP contribution in [0, 0.1) is 37.7 Å². The Morgan fingerprint density at radius 2 is 0.857 bits per heavy atom. The van der Waals surface area contributed by atoms with Crippen LogP contribution in [-0.2, 0) is 44.1 Å². The minimum absolute atomic E-state index is 0.0482. The number of benzene rings is 6. The number of hydrogen-bond donors (Lipinski definition) is 8. The van der Waals surface area contributed by atoms with Gasteiger partial charge in [0.1, 0.15) is 40.3 Å². The van der Waals surface area contributed by atoms with Gasteiger partial charge in [-0.25, -0.2) is 18.0 Å². The number of carboxylic acid groups (broad SMARTS) is 1. The average molecular weight is 1900 g/mol. The molecule has 3 aliphatic heterocycles. The van der Waals surface area contributed by atoms with E-state index in [1.54, 1.807) is 144 Å². The maximum absolute atomic E-state index is 13.5. The third kappa shape index (κ3) is 24.4. The Kier molecular flexibility index (Phi) is 33.8. The van der Waals surface area contributed by atoms with E-state index in [4.69, 9.17) is 56.5 Å². The van der Waals surface area contributed by atoms with Crippen molar-refractivity contribution in [2.45, 2.75) is 77.8 Å². The molecule has 9 heterocycles. The fourth-order valence-electron chi connectivity index (χ4n) is 14.2. The Morgan fingerprint density at radius 1 is 0.548 bits per heavy atom. The number of nitro benzene ring substituents is 2. The molecule has 12 aromatic rings. The number of nitrogen functional groups attached to an aromatic ring is 2. The van der Waals surface area contributed by atoms with Crippen molar-refractivity contribution in [3.8, 4) is 17.2 Å². The van der Waals surface area contributed by atoms with E-state index in [1.807, 2.05) is 20.8 Å². The van der Waals surface area contributed by atoms with Gasteiger partial charge < -0.3 is 71.1 Å². The summed E-state index contributed by atoms with van der Waals surface area (Å²) in [6, 6.07) is 41.9.